The van der Waals surface area contributed by atoms with Crippen LogP contribution in [0.25, 0.3) is 0 Å². The summed E-state index contributed by atoms with van der Waals surface area (Å²) in [6, 6.07) is 0.369. The average Bonchev–Trinajstić information content (AvgIpc) is 2.33. The summed E-state index contributed by atoms with van der Waals surface area (Å²) in [5.41, 5.74) is 7.35. The summed E-state index contributed by atoms with van der Waals surface area (Å²) in [7, 11) is 0. The molecule has 2 rings (SSSR count). The summed E-state index contributed by atoms with van der Waals surface area (Å²) in [4.78, 5) is 11.9. The molecule has 0 saturated heterocycles. The van der Waals surface area contributed by atoms with Gasteiger partial charge in [-0.2, -0.15) is 0 Å². The molecule has 17 heavy (non-hydrogen) atoms. The zero-order valence-corrected chi connectivity index (χ0v) is 10.6. The first-order valence-electron chi connectivity index (χ1n) is 6.98. The Labute approximate surface area is 104 Å². The van der Waals surface area contributed by atoms with Crippen molar-refractivity contribution in [3.8, 4) is 0 Å². The summed E-state index contributed by atoms with van der Waals surface area (Å²) in [6.45, 7) is 0. The van der Waals surface area contributed by atoms with Crippen LogP contribution in [0.15, 0.2) is 11.6 Å². The Morgan fingerprint density at radius 3 is 2.82 bits per heavy atom. The number of hydrogen-bond donors (Lipinski definition) is 2. The fourth-order valence-electron chi connectivity index (χ4n) is 2.87. The molecule has 0 aliphatic heterocycles. The second-order valence-electron chi connectivity index (χ2n) is 5.41. The van der Waals surface area contributed by atoms with Crippen molar-refractivity contribution in [2.24, 2.45) is 5.73 Å². The van der Waals surface area contributed by atoms with Crippen LogP contribution in [0.5, 0.6) is 0 Å². The Morgan fingerprint density at radius 1 is 1.29 bits per heavy atom. The molecule has 2 atom stereocenters. The molecular weight excluding hydrogens is 212 g/mol. The van der Waals surface area contributed by atoms with Crippen molar-refractivity contribution in [3.63, 3.8) is 0 Å². The molecule has 2 unspecified atom stereocenters. The highest BCUT2D eigenvalue weighted by molar-refractivity contribution is 5.78. The fraction of sp³-hybridized carbons (Fsp3) is 0.786. The summed E-state index contributed by atoms with van der Waals surface area (Å²) in [6.07, 6.45) is 12.1. The highest BCUT2D eigenvalue weighted by Gasteiger charge is 2.23. The van der Waals surface area contributed by atoms with Gasteiger partial charge in [-0.1, -0.05) is 24.5 Å². The third kappa shape index (κ3) is 3.84. The molecule has 0 aromatic carbocycles. The number of rotatable bonds is 3. The Morgan fingerprint density at radius 2 is 2.12 bits per heavy atom. The molecule has 0 spiro atoms. The van der Waals surface area contributed by atoms with E-state index >= 15 is 0 Å². The van der Waals surface area contributed by atoms with Crippen LogP contribution >= 0.6 is 0 Å². The van der Waals surface area contributed by atoms with Gasteiger partial charge in [-0.05, 0) is 38.5 Å². The Balaban J connectivity index is 1.78. The van der Waals surface area contributed by atoms with Crippen molar-refractivity contribution < 1.29 is 4.79 Å². The van der Waals surface area contributed by atoms with Crippen LogP contribution in [-0.2, 0) is 4.79 Å². The third-order valence-corrected chi connectivity index (χ3v) is 3.94. The Bertz CT molecular complexity index is 299. The van der Waals surface area contributed by atoms with Crippen LogP contribution < -0.4 is 11.1 Å². The van der Waals surface area contributed by atoms with E-state index in [9.17, 15) is 4.79 Å². The number of allylic oxidation sites excluding steroid dienone is 1. The summed E-state index contributed by atoms with van der Waals surface area (Å²) >= 11 is 0. The van der Waals surface area contributed by atoms with Gasteiger partial charge < -0.3 is 11.1 Å². The van der Waals surface area contributed by atoms with Gasteiger partial charge in [0.05, 0.1) is 0 Å². The molecule has 3 heteroatoms. The first-order valence-corrected chi connectivity index (χ1v) is 6.98. The van der Waals surface area contributed by atoms with Crippen LogP contribution in [0.1, 0.15) is 57.8 Å². The Kier molecular flexibility index (Phi) is 4.60. The van der Waals surface area contributed by atoms with Crippen molar-refractivity contribution >= 4 is 5.91 Å². The van der Waals surface area contributed by atoms with Crippen molar-refractivity contribution in [2.45, 2.75) is 69.9 Å². The van der Waals surface area contributed by atoms with E-state index in [-0.39, 0.29) is 18.0 Å². The van der Waals surface area contributed by atoms with E-state index in [1.807, 2.05) is 0 Å². The van der Waals surface area contributed by atoms with Crippen molar-refractivity contribution in [2.75, 3.05) is 0 Å². The second-order valence-corrected chi connectivity index (χ2v) is 5.41. The molecule has 96 valence electrons. The summed E-state index contributed by atoms with van der Waals surface area (Å²) < 4.78 is 0. The number of hydrogen-bond acceptors (Lipinski definition) is 2. The predicted molar refractivity (Wildman–Crippen MR) is 69.5 cm³/mol. The van der Waals surface area contributed by atoms with E-state index in [2.05, 4.69) is 11.4 Å². The molecule has 0 aromatic rings. The largest absolute Gasteiger partial charge is 0.352 e. The number of nitrogens with one attached hydrogen (secondary N) is 1. The minimum atomic E-state index is 0.160. The lowest BCUT2D eigenvalue weighted by atomic mass is 9.90. The maximum absolute atomic E-state index is 11.9. The van der Waals surface area contributed by atoms with Gasteiger partial charge in [-0.15, -0.1) is 0 Å². The lowest BCUT2D eigenvalue weighted by Crippen LogP contribution is -2.49. The maximum atomic E-state index is 11.9. The quantitative estimate of drug-likeness (QED) is 0.738. The molecule has 2 aliphatic carbocycles. The lowest BCUT2D eigenvalue weighted by Gasteiger charge is -2.29. The first kappa shape index (κ1) is 12.6. The average molecular weight is 236 g/mol. The van der Waals surface area contributed by atoms with Gasteiger partial charge in [-0.25, -0.2) is 0 Å². The third-order valence-electron chi connectivity index (χ3n) is 3.94. The molecule has 0 radical (unpaired) electrons. The van der Waals surface area contributed by atoms with Crippen LogP contribution in [0, 0.1) is 0 Å². The van der Waals surface area contributed by atoms with E-state index in [0.29, 0.717) is 6.42 Å². The van der Waals surface area contributed by atoms with Gasteiger partial charge in [0.15, 0.2) is 0 Å². The standard InChI is InChI=1S/C14H24N2O/c15-12-8-4-5-9-13(12)16-14(17)10-11-6-2-1-3-7-11/h6,12-13H,1-5,7-10,15H2,(H,16,17). The summed E-state index contributed by atoms with van der Waals surface area (Å²) in [5.74, 6) is 0.167. The van der Waals surface area contributed by atoms with Gasteiger partial charge in [0.2, 0.25) is 5.91 Å². The molecular formula is C14H24N2O. The molecule has 2 aliphatic rings. The number of amides is 1. The van der Waals surface area contributed by atoms with Crippen molar-refractivity contribution in [3.05, 3.63) is 11.6 Å². The predicted octanol–water partition coefficient (Wildman–Crippen LogP) is 2.26. The van der Waals surface area contributed by atoms with Gasteiger partial charge in [0.1, 0.15) is 0 Å². The van der Waals surface area contributed by atoms with Gasteiger partial charge in [-0.3, -0.25) is 4.79 Å². The number of carbonyl (C=O) groups is 1. The van der Waals surface area contributed by atoms with E-state index in [1.54, 1.807) is 0 Å². The molecule has 3 N–H and O–H groups in total. The maximum Gasteiger partial charge on any atom is 0.224 e. The highest BCUT2D eigenvalue weighted by Crippen LogP contribution is 2.21. The lowest BCUT2D eigenvalue weighted by molar-refractivity contribution is -0.121. The van der Waals surface area contributed by atoms with Gasteiger partial charge >= 0.3 is 0 Å². The summed E-state index contributed by atoms with van der Waals surface area (Å²) in [5, 5.41) is 3.11. The zero-order chi connectivity index (χ0) is 12.1. The molecule has 1 fully saturated rings. The number of nitrogens with two attached hydrogens (primary N) is 1. The minimum Gasteiger partial charge on any atom is -0.352 e. The van der Waals surface area contributed by atoms with E-state index in [4.69, 9.17) is 5.73 Å². The first-order chi connectivity index (χ1) is 8.25. The fourth-order valence-corrected chi connectivity index (χ4v) is 2.87. The molecule has 0 bridgehead atoms. The van der Waals surface area contributed by atoms with Crippen LogP contribution in [0.3, 0.4) is 0 Å². The van der Waals surface area contributed by atoms with E-state index in [0.717, 1.165) is 25.7 Å². The molecule has 0 heterocycles. The molecule has 1 amide bonds. The minimum absolute atomic E-state index is 0.160. The van der Waals surface area contributed by atoms with Crippen molar-refractivity contribution in [1.82, 2.24) is 5.32 Å². The zero-order valence-electron chi connectivity index (χ0n) is 10.6. The second kappa shape index (κ2) is 6.20. The van der Waals surface area contributed by atoms with Crippen LogP contribution in [0.2, 0.25) is 0 Å². The molecule has 1 saturated carbocycles. The monoisotopic (exact) mass is 236 g/mol. The smallest absolute Gasteiger partial charge is 0.224 e. The Hall–Kier alpha value is -0.830. The van der Waals surface area contributed by atoms with E-state index < -0.39 is 0 Å². The highest BCUT2D eigenvalue weighted by atomic mass is 16.1. The van der Waals surface area contributed by atoms with Crippen molar-refractivity contribution in [1.29, 1.82) is 0 Å². The van der Waals surface area contributed by atoms with Gasteiger partial charge in [0, 0.05) is 18.5 Å². The topological polar surface area (TPSA) is 55.1 Å². The van der Waals surface area contributed by atoms with Gasteiger partial charge in [0.25, 0.3) is 0 Å². The molecule has 0 aromatic heterocycles. The van der Waals surface area contributed by atoms with E-state index in [1.165, 1.54) is 31.3 Å². The normalized spacial score (nSPS) is 29.6. The van der Waals surface area contributed by atoms with Crippen LogP contribution in [0.4, 0.5) is 0 Å². The SMILES string of the molecule is NC1CCCCC1NC(=O)CC1=CCCCC1. The number of carbonyl (C=O) groups excluding carboxylic acids is 1. The molecule has 3 nitrogen and oxygen atoms in total. The van der Waals surface area contributed by atoms with Crippen LogP contribution in [-0.4, -0.2) is 18.0 Å².